The van der Waals surface area contributed by atoms with E-state index in [0.717, 1.165) is 56.2 Å². The molecule has 0 aliphatic carbocycles. The quantitative estimate of drug-likeness (QED) is 0.523. The first-order chi connectivity index (χ1) is 14.9. The van der Waals surface area contributed by atoms with Gasteiger partial charge < -0.3 is 19.1 Å². The second-order valence-electron chi connectivity index (χ2n) is 6.96. The standard InChI is InChI=1S/C20H19F3N4O3S/c21-20(22,23)13-6-7-15(27-8-2-1-3-9-27)14(11-13)24-17(28)12-31-19-26-25-18(30-19)16-5-4-10-29-16/h4-7,10-11H,1-3,8-9,12H2,(H,24,28). The Balaban J connectivity index is 1.45. The van der Waals surface area contributed by atoms with E-state index in [4.69, 9.17) is 8.83 Å². The molecule has 0 spiro atoms. The summed E-state index contributed by atoms with van der Waals surface area (Å²) < 4.78 is 50.2. The lowest BCUT2D eigenvalue weighted by molar-refractivity contribution is -0.137. The van der Waals surface area contributed by atoms with Crippen LogP contribution in [0.25, 0.3) is 11.7 Å². The van der Waals surface area contributed by atoms with Crippen LogP contribution in [0.3, 0.4) is 0 Å². The number of alkyl halides is 3. The van der Waals surface area contributed by atoms with E-state index >= 15 is 0 Å². The van der Waals surface area contributed by atoms with Crippen molar-refractivity contribution < 1.29 is 26.8 Å². The van der Waals surface area contributed by atoms with Crippen molar-refractivity contribution in [3.63, 3.8) is 0 Å². The van der Waals surface area contributed by atoms with Crippen LogP contribution < -0.4 is 10.2 Å². The predicted octanol–water partition coefficient (Wildman–Crippen LogP) is 5.07. The van der Waals surface area contributed by atoms with Crippen LogP contribution >= 0.6 is 11.8 Å². The van der Waals surface area contributed by atoms with Crippen LogP contribution in [0.5, 0.6) is 0 Å². The zero-order valence-electron chi connectivity index (χ0n) is 16.3. The van der Waals surface area contributed by atoms with E-state index in [-0.39, 0.29) is 22.6 Å². The van der Waals surface area contributed by atoms with Crippen molar-refractivity contribution in [2.75, 3.05) is 29.1 Å². The molecule has 0 bridgehead atoms. The Morgan fingerprint density at radius 3 is 2.68 bits per heavy atom. The van der Waals surface area contributed by atoms with Gasteiger partial charge in [0.2, 0.25) is 5.91 Å². The second-order valence-corrected chi connectivity index (χ2v) is 7.89. The molecule has 1 N–H and O–H groups in total. The van der Waals surface area contributed by atoms with E-state index in [1.165, 1.54) is 12.3 Å². The molecule has 0 atom stereocenters. The van der Waals surface area contributed by atoms with E-state index in [2.05, 4.69) is 15.5 Å². The van der Waals surface area contributed by atoms with Crippen LogP contribution in [0.15, 0.2) is 50.7 Å². The smallest absolute Gasteiger partial charge is 0.416 e. The van der Waals surface area contributed by atoms with Crippen molar-refractivity contribution in [3.05, 3.63) is 42.2 Å². The first kappa shape index (κ1) is 21.3. The maximum Gasteiger partial charge on any atom is 0.416 e. The summed E-state index contributed by atoms with van der Waals surface area (Å²) in [5.74, 6) is 0.00703. The number of piperidine rings is 1. The molecule has 1 amide bonds. The summed E-state index contributed by atoms with van der Waals surface area (Å²) in [7, 11) is 0. The number of hydrogen-bond acceptors (Lipinski definition) is 7. The van der Waals surface area contributed by atoms with Crippen molar-refractivity contribution in [2.45, 2.75) is 30.7 Å². The molecule has 1 aliphatic heterocycles. The minimum Gasteiger partial charge on any atom is -0.459 e. The first-order valence-corrected chi connectivity index (χ1v) is 10.6. The van der Waals surface area contributed by atoms with Gasteiger partial charge in [-0.2, -0.15) is 13.2 Å². The highest BCUT2D eigenvalue weighted by Gasteiger charge is 2.32. The Labute approximate surface area is 180 Å². The van der Waals surface area contributed by atoms with Gasteiger partial charge in [0.25, 0.3) is 11.1 Å². The highest BCUT2D eigenvalue weighted by atomic mass is 32.2. The summed E-state index contributed by atoms with van der Waals surface area (Å²) in [4.78, 5) is 14.5. The zero-order chi connectivity index (χ0) is 21.8. The number of benzene rings is 1. The van der Waals surface area contributed by atoms with Gasteiger partial charge in [-0.15, -0.1) is 10.2 Å². The minimum absolute atomic E-state index is 0.102. The molecule has 31 heavy (non-hydrogen) atoms. The third-order valence-corrected chi connectivity index (χ3v) is 5.58. The topological polar surface area (TPSA) is 84.4 Å². The van der Waals surface area contributed by atoms with Crippen molar-refractivity contribution in [1.29, 1.82) is 0 Å². The number of carbonyl (C=O) groups is 1. The van der Waals surface area contributed by atoms with Gasteiger partial charge in [-0.05, 0) is 49.6 Å². The molecule has 1 aromatic carbocycles. The summed E-state index contributed by atoms with van der Waals surface area (Å²) >= 11 is 0.987. The van der Waals surface area contributed by atoms with E-state index in [9.17, 15) is 18.0 Å². The van der Waals surface area contributed by atoms with E-state index < -0.39 is 17.6 Å². The fourth-order valence-electron chi connectivity index (χ4n) is 3.30. The maximum absolute atomic E-state index is 13.2. The Hall–Kier alpha value is -2.95. The third-order valence-electron chi connectivity index (χ3n) is 4.76. The Kier molecular flexibility index (Phi) is 6.21. The van der Waals surface area contributed by atoms with Crippen LogP contribution in [0.1, 0.15) is 24.8 Å². The van der Waals surface area contributed by atoms with Gasteiger partial charge in [-0.1, -0.05) is 11.8 Å². The number of nitrogens with one attached hydrogen (secondary N) is 1. The number of nitrogens with zero attached hydrogens (tertiary/aromatic N) is 3. The molecule has 1 aliphatic rings. The second kappa shape index (κ2) is 9.04. The lowest BCUT2D eigenvalue weighted by Gasteiger charge is -2.31. The van der Waals surface area contributed by atoms with Crippen molar-refractivity contribution in [3.8, 4) is 11.7 Å². The zero-order valence-corrected chi connectivity index (χ0v) is 17.1. The molecule has 7 nitrogen and oxygen atoms in total. The highest BCUT2D eigenvalue weighted by molar-refractivity contribution is 7.99. The Morgan fingerprint density at radius 2 is 1.97 bits per heavy atom. The molecular weight excluding hydrogens is 433 g/mol. The minimum atomic E-state index is -4.50. The number of hydrogen-bond donors (Lipinski definition) is 1. The van der Waals surface area contributed by atoms with Crippen LogP contribution in [-0.2, 0) is 11.0 Å². The van der Waals surface area contributed by atoms with Crippen LogP contribution in [0, 0.1) is 0 Å². The van der Waals surface area contributed by atoms with Crippen LogP contribution in [-0.4, -0.2) is 34.9 Å². The van der Waals surface area contributed by atoms with Gasteiger partial charge in [0.15, 0.2) is 5.76 Å². The van der Waals surface area contributed by atoms with Gasteiger partial charge in [0, 0.05) is 13.1 Å². The predicted molar refractivity (Wildman–Crippen MR) is 109 cm³/mol. The fourth-order valence-corrected chi connectivity index (χ4v) is 3.87. The molecule has 3 heterocycles. The molecule has 1 fully saturated rings. The van der Waals surface area contributed by atoms with Crippen LogP contribution in [0.2, 0.25) is 0 Å². The highest BCUT2D eigenvalue weighted by Crippen LogP contribution is 2.36. The average molecular weight is 452 g/mol. The number of furan rings is 1. The summed E-state index contributed by atoms with van der Waals surface area (Å²) in [5.41, 5.74) is -0.0794. The van der Waals surface area contributed by atoms with Gasteiger partial charge in [-0.3, -0.25) is 4.79 Å². The largest absolute Gasteiger partial charge is 0.459 e. The molecule has 0 unspecified atom stereocenters. The van der Waals surface area contributed by atoms with E-state index in [1.807, 2.05) is 4.90 Å². The number of halogens is 3. The van der Waals surface area contributed by atoms with Crippen molar-refractivity contribution in [2.24, 2.45) is 0 Å². The SMILES string of the molecule is O=C(CSc1nnc(-c2ccco2)o1)Nc1cc(C(F)(F)F)ccc1N1CCCCC1. The molecule has 0 saturated carbocycles. The molecule has 11 heteroatoms. The molecule has 2 aromatic heterocycles. The number of anilines is 2. The number of thioether (sulfide) groups is 1. The molecule has 4 rings (SSSR count). The fraction of sp³-hybridized carbons (Fsp3) is 0.350. The van der Waals surface area contributed by atoms with Gasteiger partial charge in [0.05, 0.1) is 29.0 Å². The normalized spacial score (nSPS) is 14.6. The number of carbonyl (C=O) groups excluding carboxylic acids is 1. The van der Waals surface area contributed by atoms with E-state index in [0.29, 0.717) is 11.4 Å². The molecule has 0 radical (unpaired) electrons. The van der Waals surface area contributed by atoms with Gasteiger partial charge in [0.1, 0.15) is 0 Å². The average Bonchev–Trinajstić information content (AvgIpc) is 3.44. The Bertz CT molecular complexity index is 1030. The van der Waals surface area contributed by atoms with E-state index in [1.54, 1.807) is 12.1 Å². The molecule has 1 saturated heterocycles. The van der Waals surface area contributed by atoms with Crippen molar-refractivity contribution >= 4 is 29.0 Å². The first-order valence-electron chi connectivity index (χ1n) is 9.66. The summed E-state index contributed by atoms with van der Waals surface area (Å²) in [6.07, 6.45) is -0.0338. The van der Waals surface area contributed by atoms with Crippen LogP contribution in [0.4, 0.5) is 24.5 Å². The molecule has 164 valence electrons. The van der Waals surface area contributed by atoms with Crippen molar-refractivity contribution in [1.82, 2.24) is 10.2 Å². The van der Waals surface area contributed by atoms with Gasteiger partial charge >= 0.3 is 6.18 Å². The summed E-state index contributed by atoms with van der Waals surface area (Å²) in [6.45, 7) is 1.47. The maximum atomic E-state index is 13.2. The monoisotopic (exact) mass is 452 g/mol. The molecular formula is C20H19F3N4O3S. The third kappa shape index (κ3) is 5.22. The number of rotatable bonds is 6. The van der Waals surface area contributed by atoms with Gasteiger partial charge in [-0.25, -0.2) is 0 Å². The number of amides is 1. The lowest BCUT2D eigenvalue weighted by Crippen LogP contribution is -2.30. The Morgan fingerprint density at radius 1 is 1.16 bits per heavy atom. The molecule has 3 aromatic rings. The lowest BCUT2D eigenvalue weighted by atomic mass is 10.1. The number of aromatic nitrogens is 2. The summed E-state index contributed by atoms with van der Waals surface area (Å²) in [6, 6.07) is 6.78. The summed E-state index contributed by atoms with van der Waals surface area (Å²) in [5, 5.41) is 10.4.